The predicted octanol–water partition coefficient (Wildman–Crippen LogP) is 7.61. The molecule has 1 nitrogen and oxygen atoms in total. The topological polar surface area (TPSA) is 13.1 Å². The third-order valence-electron chi connectivity index (χ3n) is 3.76. The van der Waals surface area contributed by atoms with E-state index in [1.54, 1.807) is 0 Å². The highest BCUT2D eigenvalue weighted by molar-refractivity contribution is 6.05. The zero-order valence-corrected chi connectivity index (χ0v) is 15.3. The van der Waals surface area contributed by atoms with Crippen LogP contribution in [-0.4, -0.2) is 0 Å². The van der Waals surface area contributed by atoms with Crippen molar-refractivity contribution in [3.8, 4) is 11.1 Å². The van der Waals surface area contributed by atoms with Crippen LogP contribution in [0, 0.1) is 6.92 Å². The second-order valence-electron chi connectivity index (χ2n) is 5.18. The Kier molecular flexibility index (Phi) is 6.20. The molecule has 1 heterocycles. The fourth-order valence-corrected chi connectivity index (χ4v) is 2.65. The van der Waals surface area contributed by atoms with Gasteiger partial charge < -0.3 is 4.42 Å². The summed E-state index contributed by atoms with van der Waals surface area (Å²) in [5, 5.41) is 2.36. The predicted molar refractivity (Wildman–Crippen MR) is 107 cm³/mol. The van der Waals surface area contributed by atoms with Crippen LogP contribution >= 0.6 is 0 Å². The van der Waals surface area contributed by atoms with Crippen molar-refractivity contribution in [1.82, 2.24) is 0 Å². The molecule has 1 aromatic heterocycles. The molecule has 4 aromatic rings. The molecular formula is C23H26O. The number of fused-ring (bicyclic) bond motifs is 3. The normalized spacial score (nSPS) is 9.88. The minimum atomic E-state index is 0.948. The highest BCUT2D eigenvalue weighted by Gasteiger charge is 2.07. The summed E-state index contributed by atoms with van der Waals surface area (Å²) in [5.74, 6) is 0. The maximum atomic E-state index is 5.94. The van der Waals surface area contributed by atoms with Crippen LogP contribution in [0.2, 0.25) is 0 Å². The smallest absolute Gasteiger partial charge is 0.136 e. The molecular weight excluding hydrogens is 292 g/mol. The number of para-hydroxylation sites is 1. The Morgan fingerprint density at radius 2 is 1.17 bits per heavy atom. The standard InChI is InChI=1S/C19H14O.2C2H6/c1-13-6-8-14(9-7-13)15-10-11-17-16-4-2-3-5-18(16)20-19(17)12-15;2*1-2/h2-12H,1H3;2*1-2H3. The number of benzene rings is 3. The molecule has 0 unspecified atom stereocenters. The van der Waals surface area contributed by atoms with Gasteiger partial charge in [-0.15, -0.1) is 0 Å². The van der Waals surface area contributed by atoms with E-state index in [0.717, 1.165) is 11.2 Å². The van der Waals surface area contributed by atoms with Gasteiger partial charge >= 0.3 is 0 Å². The molecule has 0 radical (unpaired) electrons. The summed E-state index contributed by atoms with van der Waals surface area (Å²) in [7, 11) is 0. The Labute approximate surface area is 144 Å². The summed E-state index contributed by atoms with van der Waals surface area (Å²) in [6.07, 6.45) is 0. The van der Waals surface area contributed by atoms with E-state index in [0.29, 0.717) is 0 Å². The number of rotatable bonds is 1. The lowest BCUT2D eigenvalue weighted by molar-refractivity contribution is 0.669. The molecule has 0 atom stereocenters. The fourth-order valence-electron chi connectivity index (χ4n) is 2.65. The van der Waals surface area contributed by atoms with Crippen molar-refractivity contribution in [2.75, 3.05) is 0 Å². The van der Waals surface area contributed by atoms with Crippen molar-refractivity contribution in [2.24, 2.45) is 0 Å². The van der Waals surface area contributed by atoms with Crippen molar-refractivity contribution in [1.29, 1.82) is 0 Å². The van der Waals surface area contributed by atoms with Crippen molar-refractivity contribution in [3.63, 3.8) is 0 Å². The SMILES string of the molecule is CC.CC.Cc1ccc(-c2ccc3c(c2)oc2ccccc23)cc1. The Morgan fingerprint density at radius 1 is 0.583 bits per heavy atom. The first-order valence-electron chi connectivity index (χ1n) is 8.79. The first kappa shape index (κ1) is 17.8. The zero-order chi connectivity index (χ0) is 17.5. The molecule has 4 rings (SSSR count). The number of furan rings is 1. The first-order chi connectivity index (χ1) is 11.8. The van der Waals surface area contributed by atoms with Crippen LogP contribution in [0.1, 0.15) is 33.3 Å². The van der Waals surface area contributed by atoms with Gasteiger partial charge in [0.05, 0.1) is 0 Å². The van der Waals surface area contributed by atoms with E-state index < -0.39 is 0 Å². The molecule has 0 bridgehead atoms. The number of aryl methyl sites for hydroxylation is 1. The Bertz CT molecular complexity index is 898. The molecule has 1 heteroatoms. The maximum Gasteiger partial charge on any atom is 0.136 e. The van der Waals surface area contributed by atoms with Crippen molar-refractivity contribution >= 4 is 21.9 Å². The molecule has 24 heavy (non-hydrogen) atoms. The molecule has 124 valence electrons. The van der Waals surface area contributed by atoms with Crippen LogP contribution in [0.25, 0.3) is 33.1 Å². The van der Waals surface area contributed by atoms with Gasteiger partial charge in [0.1, 0.15) is 11.2 Å². The van der Waals surface area contributed by atoms with E-state index in [2.05, 4.69) is 55.5 Å². The van der Waals surface area contributed by atoms with Crippen molar-refractivity contribution in [2.45, 2.75) is 34.6 Å². The van der Waals surface area contributed by atoms with Crippen LogP contribution in [-0.2, 0) is 0 Å². The minimum absolute atomic E-state index is 0.948. The molecule has 0 saturated heterocycles. The summed E-state index contributed by atoms with van der Waals surface area (Å²) in [4.78, 5) is 0. The molecule has 0 N–H and O–H groups in total. The fraction of sp³-hybridized carbons (Fsp3) is 0.217. The quantitative estimate of drug-likeness (QED) is 0.352. The molecule has 0 spiro atoms. The number of hydrogen-bond acceptors (Lipinski definition) is 1. The first-order valence-corrected chi connectivity index (χ1v) is 8.79. The second kappa shape index (κ2) is 8.35. The molecule has 0 aliphatic rings. The Morgan fingerprint density at radius 3 is 1.88 bits per heavy atom. The van der Waals surface area contributed by atoms with E-state index >= 15 is 0 Å². The third-order valence-corrected chi connectivity index (χ3v) is 3.76. The van der Waals surface area contributed by atoms with Gasteiger partial charge in [-0.05, 0) is 36.2 Å². The summed E-state index contributed by atoms with van der Waals surface area (Å²) >= 11 is 0. The van der Waals surface area contributed by atoms with E-state index in [9.17, 15) is 0 Å². The van der Waals surface area contributed by atoms with Crippen LogP contribution in [0.3, 0.4) is 0 Å². The molecule has 0 fully saturated rings. The van der Waals surface area contributed by atoms with Crippen LogP contribution < -0.4 is 0 Å². The lowest BCUT2D eigenvalue weighted by Gasteiger charge is -2.02. The minimum Gasteiger partial charge on any atom is -0.456 e. The van der Waals surface area contributed by atoms with Gasteiger partial charge in [-0.1, -0.05) is 81.8 Å². The highest BCUT2D eigenvalue weighted by Crippen LogP contribution is 2.31. The third kappa shape index (κ3) is 3.51. The van der Waals surface area contributed by atoms with E-state index in [-0.39, 0.29) is 0 Å². The summed E-state index contributed by atoms with van der Waals surface area (Å²) in [6, 6.07) is 23.2. The lowest BCUT2D eigenvalue weighted by atomic mass is 10.0. The van der Waals surface area contributed by atoms with Crippen molar-refractivity contribution in [3.05, 3.63) is 72.3 Å². The molecule has 0 aliphatic heterocycles. The average molecular weight is 318 g/mol. The molecule has 0 amide bonds. The maximum absolute atomic E-state index is 5.94. The summed E-state index contributed by atoms with van der Waals surface area (Å²) in [6.45, 7) is 10.1. The summed E-state index contributed by atoms with van der Waals surface area (Å²) < 4.78 is 5.94. The number of hydrogen-bond donors (Lipinski definition) is 0. The van der Waals surface area contributed by atoms with Crippen LogP contribution in [0.5, 0.6) is 0 Å². The molecule has 0 aliphatic carbocycles. The lowest BCUT2D eigenvalue weighted by Crippen LogP contribution is -1.78. The van der Waals surface area contributed by atoms with E-state index in [1.165, 1.54) is 27.5 Å². The van der Waals surface area contributed by atoms with Gasteiger partial charge in [0.2, 0.25) is 0 Å². The van der Waals surface area contributed by atoms with Gasteiger partial charge in [-0.3, -0.25) is 0 Å². The van der Waals surface area contributed by atoms with Crippen LogP contribution in [0.15, 0.2) is 71.1 Å². The molecule has 3 aromatic carbocycles. The van der Waals surface area contributed by atoms with E-state index in [4.69, 9.17) is 4.42 Å². The average Bonchev–Trinajstić information content (AvgIpc) is 3.03. The van der Waals surface area contributed by atoms with Crippen molar-refractivity contribution < 1.29 is 4.42 Å². The van der Waals surface area contributed by atoms with Crippen LogP contribution in [0.4, 0.5) is 0 Å². The van der Waals surface area contributed by atoms with Gasteiger partial charge in [0.15, 0.2) is 0 Å². The molecule has 0 saturated carbocycles. The van der Waals surface area contributed by atoms with Gasteiger partial charge in [-0.2, -0.15) is 0 Å². The Hall–Kier alpha value is -2.54. The van der Waals surface area contributed by atoms with Gasteiger partial charge in [0, 0.05) is 10.8 Å². The monoisotopic (exact) mass is 318 g/mol. The zero-order valence-electron chi connectivity index (χ0n) is 15.3. The van der Waals surface area contributed by atoms with E-state index in [1.807, 2.05) is 45.9 Å². The highest BCUT2D eigenvalue weighted by atomic mass is 16.3. The second-order valence-corrected chi connectivity index (χ2v) is 5.18. The largest absolute Gasteiger partial charge is 0.456 e. The van der Waals surface area contributed by atoms with Gasteiger partial charge in [0.25, 0.3) is 0 Å². The van der Waals surface area contributed by atoms with Gasteiger partial charge in [-0.25, -0.2) is 0 Å². The summed E-state index contributed by atoms with van der Waals surface area (Å²) in [5.41, 5.74) is 5.58. The Balaban J connectivity index is 0.000000487.